The molecule has 0 N–H and O–H groups in total. The molecule has 0 aliphatic carbocycles. The summed E-state index contributed by atoms with van der Waals surface area (Å²) in [6.45, 7) is 11.1. The highest BCUT2D eigenvalue weighted by atomic mass is 16.5. The molecule has 1 aromatic carbocycles. The van der Waals surface area contributed by atoms with Crippen molar-refractivity contribution in [3.63, 3.8) is 0 Å². The lowest BCUT2D eigenvalue weighted by atomic mass is 10.1. The summed E-state index contributed by atoms with van der Waals surface area (Å²) in [5.41, 5.74) is 5.20. The van der Waals surface area contributed by atoms with Gasteiger partial charge in [0.1, 0.15) is 11.6 Å². The van der Waals surface area contributed by atoms with Crippen molar-refractivity contribution in [1.82, 2.24) is 19.7 Å². The van der Waals surface area contributed by atoms with Crippen LogP contribution in [0, 0.1) is 13.8 Å². The lowest BCUT2D eigenvalue weighted by molar-refractivity contribution is -0.125. The van der Waals surface area contributed by atoms with E-state index in [9.17, 15) is 9.59 Å². The summed E-state index contributed by atoms with van der Waals surface area (Å²) in [6.07, 6.45) is 2.82. The number of carbonyl (C=O) groups excluding carboxylic acids is 2. The molecule has 2 aliphatic heterocycles. The predicted octanol–water partition coefficient (Wildman–Crippen LogP) is 4.15. The second kappa shape index (κ2) is 8.72. The standard InChI is InChI=1S/C26H30N6O3/c1-16(2)35-20-6-7-22(17(3)14-20)30-10-8-21-23(15-18(4)27-25(21)30)32-11-9-24(28-32)31-13-12-29(19(5)33)26(31)34/h6-7,9,11,14-16H,8,10,12-13H2,1-5H3. The second-order valence-electron chi connectivity index (χ2n) is 9.32. The molecule has 9 heteroatoms. The SMILES string of the molecule is CC(=O)N1CCN(c2ccn(-c3cc(C)nc4c3CCN4c3ccc(OC(C)C)cc3C)n2)C1=O. The van der Waals surface area contributed by atoms with Gasteiger partial charge in [0.15, 0.2) is 5.82 Å². The van der Waals surface area contributed by atoms with E-state index < -0.39 is 0 Å². The van der Waals surface area contributed by atoms with Crippen LogP contribution in [0.15, 0.2) is 36.5 Å². The van der Waals surface area contributed by atoms with Gasteiger partial charge in [0, 0.05) is 55.8 Å². The van der Waals surface area contributed by atoms with Crippen molar-refractivity contribution in [3.05, 3.63) is 53.3 Å². The summed E-state index contributed by atoms with van der Waals surface area (Å²) >= 11 is 0. The van der Waals surface area contributed by atoms with Crippen LogP contribution >= 0.6 is 0 Å². The lowest BCUT2D eigenvalue weighted by Gasteiger charge is -2.22. The number of benzene rings is 1. The minimum absolute atomic E-state index is 0.125. The first kappa shape index (κ1) is 22.9. The molecule has 0 atom stereocenters. The molecule has 0 bridgehead atoms. The van der Waals surface area contributed by atoms with E-state index in [0.717, 1.165) is 52.7 Å². The molecule has 4 heterocycles. The van der Waals surface area contributed by atoms with Crippen LogP contribution in [0.1, 0.15) is 37.6 Å². The minimum Gasteiger partial charge on any atom is -0.491 e. The molecule has 2 aliphatic rings. The van der Waals surface area contributed by atoms with Crippen LogP contribution in [0.3, 0.4) is 0 Å². The Morgan fingerprint density at radius 2 is 1.83 bits per heavy atom. The first-order chi connectivity index (χ1) is 16.7. The first-order valence-electron chi connectivity index (χ1n) is 11.9. The number of rotatable bonds is 5. The number of aryl methyl sites for hydroxylation is 2. The average Bonchev–Trinajstić information content (AvgIpc) is 3.51. The van der Waals surface area contributed by atoms with Crippen LogP contribution in [0.4, 0.5) is 22.1 Å². The van der Waals surface area contributed by atoms with E-state index in [4.69, 9.17) is 14.8 Å². The Balaban J connectivity index is 1.46. The maximum Gasteiger partial charge on any atom is 0.332 e. The fraction of sp³-hybridized carbons (Fsp3) is 0.385. The van der Waals surface area contributed by atoms with Crippen molar-refractivity contribution in [3.8, 4) is 11.4 Å². The van der Waals surface area contributed by atoms with Gasteiger partial charge in [0.05, 0.1) is 11.8 Å². The topological polar surface area (TPSA) is 83.8 Å². The summed E-state index contributed by atoms with van der Waals surface area (Å²) in [5.74, 6) is 2.08. The van der Waals surface area contributed by atoms with E-state index >= 15 is 0 Å². The zero-order chi connectivity index (χ0) is 24.9. The van der Waals surface area contributed by atoms with Gasteiger partial charge >= 0.3 is 6.03 Å². The number of pyridine rings is 1. The monoisotopic (exact) mass is 474 g/mol. The number of imide groups is 1. The summed E-state index contributed by atoms with van der Waals surface area (Å²) in [7, 11) is 0. The molecule has 0 saturated carbocycles. The predicted molar refractivity (Wildman–Crippen MR) is 134 cm³/mol. The van der Waals surface area contributed by atoms with Gasteiger partial charge in [-0.15, -0.1) is 5.10 Å². The van der Waals surface area contributed by atoms with Gasteiger partial charge in [-0.3, -0.25) is 14.6 Å². The number of carbonyl (C=O) groups is 2. The van der Waals surface area contributed by atoms with E-state index in [1.165, 1.54) is 11.8 Å². The third-order valence-corrected chi connectivity index (χ3v) is 6.37. The Kier molecular flexibility index (Phi) is 5.70. The van der Waals surface area contributed by atoms with Gasteiger partial charge in [-0.05, 0) is 63.9 Å². The molecule has 9 nitrogen and oxygen atoms in total. The van der Waals surface area contributed by atoms with Crippen molar-refractivity contribution >= 4 is 29.3 Å². The molecule has 182 valence electrons. The number of anilines is 3. The number of nitrogens with zero attached hydrogens (tertiary/aromatic N) is 6. The normalized spacial score (nSPS) is 15.4. The summed E-state index contributed by atoms with van der Waals surface area (Å²) in [4.78, 5) is 34.2. The number of ether oxygens (including phenoxy) is 1. The molecular formula is C26H30N6O3. The second-order valence-corrected chi connectivity index (χ2v) is 9.32. The lowest BCUT2D eigenvalue weighted by Crippen LogP contribution is -2.35. The van der Waals surface area contributed by atoms with Crippen LogP contribution in [0.25, 0.3) is 5.69 Å². The highest BCUT2D eigenvalue weighted by Crippen LogP contribution is 2.39. The minimum atomic E-state index is -0.328. The number of aromatic nitrogens is 3. The zero-order valence-electron chi connectivity index (χ0n) is 20.8. The van der Waals surface area contributed by atoms with E-state index in [2.05, 4.69) is 24.0 Å². The van der Waals surface area contributed by atoms with Gasteiger partial charge in [-0.25, -0.2) is 14.5 Å². The van der Waals surface area contributed by atoms with Crippen LogP contribution in [-0.4, -0.2) is 57.3 Å². The van der Waals surface area contributed by atoms with E-state index in [1.54, 1.807) is 4.90 Å². The Morgan fingerprint density at radius 1 is 1.03 bits per heavy atom. The van der Waals surface area contributed by atoms with Crippen molar-refractivity contribution in [2.24, 2.45) is 0 Å². The number of fused-ring (bicyclic) bond motifs is 1. The van der Waals surface area contributed by atoms with E-state index in [1.807, 2.05) is 49.8 Å². The smallest absolute Gasteiger partial charge is 0.332 e. The molecule has 5 rings (SSSR count). The molecule has 1 fully saturated rings. The molecule has 2 aromatic heterocycles. The van der Waals surface area contributed by atoms with Gasteiger partial charge < -0.3 is 9.64 Å². The molecule has 0 radical (unpaired) electrons. The van der Waals surface area contributed by atoms with Crippen LogP contribution in [0.5, 0.6) is 5.75 Å². The first-order valence-corrected chi connectivity index (χ1v) is 11.9. The van der Waals surface area contributed by atoms with Gasteiger partial charge in [0.2, 0.25) is 5.91 Å². The molecule has 0 spiro atoms. The Bertz CT molecular complexity index is 1310. The molecule has 1 saturated heterocycles. The van der Waals surface area contributed by atoms with E-state index in [-0.39, 0.29) is 18.0 Å². The number of hydrogen-bond acceptors (Lipinski definition) is 6. The molecular weight excluding hydrogens is 444 g/mol. The zero-order valence-corrected chi connectivity index (χ0v) is 20.8. The van der Waals surface area contributed by atoms with Crippen molar-refractivity contribution in [2.75, 3.05) is 29.4 Å². The number of hydrogen-bond donors (Lipinski definition) is 0. The van der Waals surface area contributed by atoms with Crippen molar-refractivity contribution in [1.29, 1.82) is 0 Å². The Labute approximate surface area is 204 Å². The molecule has 35 heavy (non-hydrogen) atoms. The Hall–Kier alpha value is -3.88. The molecule has 3 amide bonds. The molecule has 0 unspecified atom stereocenters. The van der Waals surface area contributed by atoms with Crippen molar-refractivity contribution in [2.45, 2.75) is 47.1 Å². The van der Waals surface area contributed by atoms with Gasteiger partial charge in [-0.2, -0.15) is 0 Å². The largest absolute Gasteiger partial charge is 0.491 e. The number of urea groups is 1. The van der Waals surface area contributed by atoms with Crippen LogP contribution in [-0.2, 0) is 11.2 Å². The Morgan fingerprint density at radius 3 is 2.51 bits per heavy atom. The van der Waals surface area contributed by atoms with Gasteiger partial charge in [-0.1, -0.05) is 0 Å². The third-order valence-electron chi connectivity index (χ3n) is 6.37. The van der Waals surface area contributed by atoms with Gasteiger partial charge in [0.25, 0.3) is 0 Å². The summed E-state index contributed by atoms with van der Waals surface area (Å²) < 4.78 is 7.66. The summed E-state index contributed by atoms with van der Waals surface area (Å²) in [6, 6.07) is 9.69. The highest BCUT2D eigenvalue weighted by molar-refractivity contribution is 6.03. The fourth-order valence-corrected chi connectivity index (χ4v) is 4.81. The number of amides is 3. The highest BCUT2D eigenvalue weighted by Gasteiger charge is 2.34. The van der Waals surface area contributed by atoms with Crippen LogP contribution < -0.4 is 14.5 Å². The quantitative estimate of drug-likeness (QED) is 0.552. The maximum atomic E-state index is 12.6. The molecule has 3 aromatic rings. The summed E-state index contributed by atoms with van der Waals surface area (Å²) in [5, 5.41) is 4.70. The van der Waals surface area contributed by atoms with Crippen molar-refractivity contribution < 1.29 is 14.3 Å². The fourth-order valence-electron chi connectivity index (χ4n) is 4.81. The van der Waals surface area contributed by atoms with E-state index in [0.29, 0.717) is 18.9 Å². The third kappa shape index (κ3) is 4.11. The average molecular weight is 475 g/mol. The maximum absolute atomic E-state index is 12.6. The van der Waals surface area contributed by atoms with Crippen LogP contribution in [0.2, 0.25) is 0 Å².